The SMILES string of the molecule is O=CC[C@@]1(N2CCC(N3CCOCC3)CC2)C[C@H](N2CCc3ccccc3NC2=O)CCN1C(=O)OCc1cc(Cl)c(O)c(Cl)c1. The lowest BCUT2D eigenvalue weighted by atomic mass is 9.84. The second-order valence-corrected chi connectivity index (χ2v) is 13.3. The molecule has 2 aromatic rings. The minimum absolute atomic E-state index is 0.0654. The number of anilines is 1. The van der Waals surface area contributed by atoms with Crippen LogP contribution in [0.3, 0.4) is 0 Å². The lowest BCUT2D eigenvalue weighted by molar-refractivity contribution is -0.129. The number of aromatic hydroxyl groups is 1. The number of likely N-dealkylation sites (tertiary alicyclic amines) is 2. The number of fused-ring (bicyclic) bond motifs is 1. The monoisotopic (exact) mass is 673 g/mol. The third kappa shape index (κ3) is 6.80. The summed E-state index contributed by atoms with van der Waals surface area (Å²) in [6, 6.07) is 10.9. The molecule has 0 aromatic heterocycles. The van der Waals surface area contributed by atoms with Gasteiger partial charge in [0.2, 0.25) is 0 Å². The fraction of sp³-hybridized carbons (Fsp3) is 0.545. The van der Waals surface area contributed by atoms with Crippen molar-refractivity contribution in [1.29, 1.82) is 0 Å². The number of morpholine rings is 1. The van der Waals surface area contributed by atoms with E-state index < -0.39 is 11.8 Å². The molecule has 11 nitrogen and oxygen atoms in total. The summed E-state index contributed by atoms with van der Waals surface area (Å²) in [4.78, 5) is 48.3. The van der Waals surface area contributed by atoms with E-state index in [1.807, 2.05) is 29.2 Å². The second-order valence-electron chi connectivity index (χ2n) is 12.5. The number of hydrogen-bond donors (Lipinski definition) is 2. The minimum atomic E-state index is -0.971. The first-order valence-electron chi connectivity index (χ1n) is 16.1. The number of para-hydroxylation sites is 1. The van der Waals surface area contributed by atoms with Crippen molar-refractivity contribution in [3.8, 4) is 5.75 Å². The first-order valence-corrected chi connectivity index (χ1v) is 16.8. The van der Waals surface area contributed by atoms with E-state index in [1.54, 1.807) is 4.90 Å². The minimum Gasteiger partial charge on any atom is -0.505 e. The third-order valence-corrected chi connectivity index (χ3v) is 10.6. The van der Waals surface area contributed by atoms with Crippen molar-refractivity contribution < 1.29 is 29.0 Å². The molecule has 13 heteroatoms. The topological polar surface area (TPSA) is 115 Å². The summed E-state index contributed by atoms with van der Waals surface area (Å²) in [5.41, 5.74) is 1.46. The van der Waals surface area contributed by atoms with Crippen LogP contribution in [0.25, 0.3) is 0 Å². The zero-order valence-corrected chi connectivity index (χ0v) is 27.3. The number of phenolic OH excluding ortho intramolecular Hbond substituents is 1. The first-order chi connectivity index (χ1) is 22.3. The molecule has 0 bridgehead atoms. The second kappa shape index (κ2) is 14.4. The number of benzene rings is 2. The molecule has 2 atom stereocenters. The maximum Gasteiger partial charge on any atom is 0.411 e. The van der Waals surface area contributed by atoms with Gasteiger partial charge in [-0.2, -0.15) is 0 Å². The number of ether oxygens (including phenoxy) is 2. The van der Waals surface area contributed by atoms with Gasteiger partial charge in [-0.05, 0) is 55.0 Å². The number of carbonyl (C=O) groups is 3. The summed E-state index contributed by atoms with van der Waals surface area (Å²) in [6.45, 7) is 5.42. The molecule has 3 fully saturated rings. The Balaban J connectivity index is 1.24. The smallest absolute Gasteiger partial charge is 0.411 e. The average Bonchev–Trinajstić information content (AvgIpc) is 3.24. The Kier molecular flexibility index (Phi) is 10.2. The van der Waals surface area contributed by atoms with Crippen LogP contribution in [0.4, 0.5) is 15.3 Å². The van der Waals surface area contributed by atoms with E-state index in [4.69, 9.17) is 32.7 Å². The molecule has 0 radical (unpaired) electrons. The highest BCUT2D eigenvalue weighted by molar-refractivity contribution is 6.37. The largest absolute Gasteiger partial charge is 0.505 e. The molecular weight excluding hydrogens is 633 g/mol. The van der Waals surface area contributed by atoms with Crippen LogP contribution in [0.5, 0.6) is 5.75 Å². The van der Waals surface area contributed by atoms with Crippen LogP contribution in [0.15, 0.2) is 36.4 Å². The number of phenols is 1. The van der Waals surface area contributed by atoms with E-state index in [0.29, 0.717) is 57.0 Å². The Labute approximate surface area is 279 Å². The van der Waals surface area contributed by atoms with E-state index in [-0.39, 0.29) is 40.9 Å². The summed E-state index contributed by atoms with van der Waals surface area (Å²) in [7, 11) is 0. The molecule has 6 rings (SSSR count). The van der Waals surface area contributed by atoms with Gasteiger partial charge in [0.05, 0.1) is 23.3 Å². The summed E-state index contributed by atoms with van der Waals surface area (Å²) in [5.74, 6) is -0.230. The summed E-state index contributed by atoms with van der Waals surface area (Å²) in [6.07, 6.45) is 3.90. The number of halogens is 2. The predicted molar refractivity (Wildman–Crippen MR) is 174 cm³/mol. The fourth-order valence-electron chi connectivity index (χ4n) is 7.61. The van der Waals surface area contributed by atoms with Crippen LogP contribution in [-0.4, -0.2) is 113 Å². The number of hydrogen-bond acceptors (Lipinski definition) is 8. The quantitative estimate of drug-likeness (QED) is 0.396. The molecule has 4 aliphatic rings. The summed E-state index contributed by atoms with van der Waals surface area (Å²) < 4.78 is 11.4. The molecule has 248 valence electrons. The molecule has 4 heterocycles. The Hall–Kier alpha value is -3.09. The van der Waals surface area contributed by atoms with E-state index >= 15 is 0 Å². The number of aldehydes is 1. The lowest BCUT2D eigenvalue weighted by Crippen LogP contribution is -2.70. The van der Waals surface area contributed by atoms with Crippen molar-refractivity contribution in [1.82, 2.24) is 19.6 Å². The van der Waals surface area contributed by atoms with Gasteiger partial charge in [0.1, 0.15) is 18.6 Å². The molecule has 3 amide bonds. The number of amides is 3. The number of piperidine rings is 2. The van der Waals surface area contributed by atoms with Gasteiger partial charge in [-0.15, -0.1) is 0 Å². The summed E-state index contributed by atoms with van der Waals surface area (Å²) in [5, 5.41) is 13.2. The molecule has 0 saturated carbocycles. The van der Waals surface area contributed by atoms with Gasteiger partial charge < -0.3 is 29.6 Å². The summed E-state index contributed by atoms with van der Waals surface area (Å²) >= 11 is 12.2. The van der Waals surface area contributed by atoms with Crippen molar-refractivity contribution in [2.75, 3.05) is 57.8 Å². The fourth-order valence-corrected chi connectivity index (χ4v) is 8.14. The predicted octanol–water partition coefficient (Wildman–Crippen LogP) is 4.97. The molecular formula is C33H41Cl2N5O6. The zero-order chi connectivity index (χ0) is 32.3. The molecule has 2 N–H and O–H groups in total. The van der Waals surface area contributed by atoms with Gasteiger partial charge in [0.15, 0.2) is 5.75 Å². The number of carbonyl (C=O) groups excluding carboxylic acids is 3. The van der Waals surface area contributed by atoms with Gasteiger partial charge in [-0.25, -0.2) is 9.59 Å². The Morgan fingerprint density at radius 1 is 1.02 bits per heavy atom. The maximum absolute atomic E-state index is 13.9. The molecule has 4 aliphatic heterocycles. The van der Waals surface area contributed by atoms with E-state index in [9.17, 15) is 19.5 Å². The molecule has 46 heavy (non-hydrogen) atoms. The van der Waals surface area contributed by atoms with Crippen LogP contribution >= 0.6 is 23.2 Å². The maximum atomic E-state index is 13.9. The number of urea groups is 1. The molecule has 0 spiro atoms. The molecule has 3 saturated heterocycles. The highest BCUT2D eigenvalue weighted by Crippen LogP contribution is 2.40. The first kappa shape index (κ1) is 32.8. The van der Waals surface area contributed by atoms with Crippen molar-refractivity contribution in [2.45, 2.75) is 62.9 Å². The lowest BCUT2D eigenvalue weighted by Gasteiger charge is -2.57. The van der Waals surface area contributed by atoms with E-state index in [0.717, 1.165) is 56.7 Å². The van der Waals surface area contributed by atoms with Crippen LogP contribution in [-0.2, 0) is 27.3 Å². The van der Waals surface area contributed by atoms with E-state index in [2.05, 4.69) is 15.1 Å². The zero-order valence-electron chi connectivity index (χ0n) is 25.8. The Bertz CT molecular complexity index is 1410. The van der Waals surface area contributed by atoms with Gasteiger partial charge in [-0.1, -0.05) is 41.4 Å². The molecule has 0 aliphatic carbocycles. The number of rotatable bonds is 7. The Morgan fingerprint density at radius 3 is 2.43 bits per heavy atom. The number of nitrogens with zero attached hydrogens (tertiary/aromatic N) is 4. The van der Waals surface area contributed by atoms with Crippen LogP contribution in [0.1, 0.15) is 43.2 Å². The van der Waals surface area contributed by atoms with Crippen molar-refractivity contribution in [3.05, 3.63) is 57.6 Å². The van der Waals surface area contributed by atoms with Crippen molar-refractivity contribution in [2.24, 2.45) is 0 Å². The van der Waals surface area contributed by atoms with Gasteiger partial charge >= 0.3 is 12.1 Å². The number of nitrogens with one attached hydrogen (secondary N) is 1. The standard InChI is InChI=1S/C33H41Cl2N5O6/c34-27-19-23(20-28(35)30(27)42)22-46-32(44)40-13-8-26(39-12-5-24-3-1-2-4-29(24)36-31(39)43)21-33(40,9-16-41)38-10-6-25(7-11-38)37-14-17-45-18-15-37/h1-4,16,19-20,25-26,42H,5-15,17-18,21-22H2,(H,36,43)/t26-,33+/m1/s1. The van der Waals surface area contributed by atoms with Crippen molar-refractivity contribution >= 4 is 47.3 Å². The van der Waals surface area contributed by atoms with Crippen LogP contribution in [0, 0.1) is 0 Å². The van der Waals surface area contributed by atoms with Crippen LogP contribution < -0.4 is 5.32 Å². The highest BCUT2D eigenvalue weighted by Gasteiger charge is 2.52. The van der Waals surface area contributed by atoms with Gasteiger partial charge in [0.25, 0.3) is 0 Å². The third-order valence-electron chi connectivity index (χ3n) is 10.0. The van der Waals surface area contributed by atoms with Crippen LogP contribution in [0.2, 0.25) is 10.0 Å². The van der Waals surface area contributed by atoms with Gasteiger partial charge in [0, 0.05) is 69.9 Å². The highest BCUT2D eigenvalue weighted by atomic mass is 35.5. The Morgan fingerprint density at radius 2 is 1.72 bits per heavy atom. The molecule has 0 unspecified atom stereocenters. The molecule has 2 aromatic carbocycles. The van der Waals surface area contributed by atoms with Gasteiger partial charge in [-0.3, -0.25) is 14.7 Å². The van der Waals surface area contributed by atoms with Crippen molar-refractivity contribution in [3.63, 3.8) is 0 Å². The van der Waals surface area contributed by atoms with E-state index in [1.165, 1.54) is 12.1 Å². The average molecular weight is 675 g/mol. The normalized spacial score (nSPS) is 25.0.